The number of fused-ring (bicyclic) bond motifs is 1. The van der Waals surface area contributed by atoms with Crippen LogP contribution >= 0.6 is 11.8 Å². The van der Waals surface area contributed by atoms with Crippen LogP contribution in [0.5, 0.6) is 0 Å². The fourth-order valence-electron chi connectivity index (χ4n) is 2.95. The van der Waals surface area contributed by atoms with Crippen LogP contribution in [0.2, 0.25) is 0 Å². The van der Waals surface area contributed by atoms with E-state index in [1.54, 1.807) is 0 Å². The zero-order valence-electron chi connectivity index (χ0n) is 15.5. The molecule has 0 fully saturated rings. The first-order valence-corrected chi connectivity index (χ1v) is 9.85. The quantitative estimate of drug-likeness (QED) is 0.572. The van der Waals surface area contributed by atoms with Crippen LogP contribution in [0.3, 0.4) is 0 Å². The molecular formula is C22H24N2OS. The molecule has 26 heavy (non-hydrogen) atoms. The van der Waals surface area contributed by atoms with E-state index < -0.39 is 0 Å². The number of carbonyl (C=O) groups excluding carboxylic acids is 1. The molecule has 0 aliphatic heterocycles. The summed E-state index contributed by atoms with van der Waals surface area (Å²) in [5.41, 5.74) is 3.32. The summed E-state index contributed by atoms with van der Waals surface area (Å²) in [6.45, 7) is 6.85. The Bertz CT molecular complexity index is 893. The highest BCUT2D eigenvalue weighted by molar-refractivity contribution is 7.99. The predicted molar refractivity (Wildman–Crippen MR) is 109 cm³/mol. The molecule has 0 saturated carbocycles. The second-order valence-corrected chi connectivity index (χ2v) is 7.68. The van der Waals surface area contributed by atoms with Crippen LogP contribution in [0.4, 0.5) is 0 Å². The minimum absolute atomic E-state index is 0.140. The molecule has 0 bridgehead atoms. The van der Waals surface area contributed by atoms with Crippen LogP contribution in [0.15, 0.2) is 65.7 Å². The molecule has 4 heteroatoms. The van der Waals surface area contributed by atoms with Gasteiger partial charge in [0.1, 0.15) is 0 Å². The van der Waals surface area contributed by atoms with Gasteiger partial charge in [0.05, 0.1) is 16.3 Å². The Hall–Kier alpha value is -2.33. The van der Waals surface area contributed by atoms with Crippen LogP contribution < -0.4 is 0 Å². The number of aryl methyl sites for hydroxylation is 1. The van der Waals surface area contributed by atoms with E-state index in [2.05, 4.69) is 50.0 Å². The number of benzene rings is 2. The van der Waals surface area contributed by atoms with Gasteiger partial charge in [-0.2, -0.15) is 0 Å². The van der Waals surface area contributed by atoms with Gasteiger partial charge >= 0.3 is 0 Å². The van der Waals surface area contributed by atoms with Crippen LogP contribution in [-0.4, -0.2) is 27.6 Å². The molecule has 3 aromatic rings. The van der Waals surface area contributed by atoms with E-state index in [9.17, 15) is 4.79 Å². The Morgan fingerprint density at radius 1 is 1.08 bits per heavy atom. The minimum Gasteiger partial charge on any atom is -0.335 e. The van der Waals surface area contributed by atoms with Crippen LogP contribution in [-0.2, 0) is 11.3 Å². The molecule has 1 aromatic heterocycles. The highest BCUT2D eigenvalue weighted by atomic mass is 32.2. The molecule has 0 atom stereocenters. The number of nitrogens with zero attached hydrogens (tertiary/aromatic N) is 2. The fourth-order valence-corrected chi connectivity index (χ4v) is 3.81. The van der Waals surface area contributed by atoms with E-state index in [-0.39, 0.29) is 11.9 Å². The summed E-state index contributed by atoms with van der Waals surface area (Å²) < 4.78 is 0. The molecule has 3 nitrogen and oxygen atoms in total. The lowest BCUT2D eigenvalue weighted by atomic mass is 10.1. The van der Waals surface area contributed by atoms with Crippen molar-refractivity contribution in [3.8, 4) is 0 Å². The summed E-state index contributed by atoms with van der Waals surface area (Å²) in [5.74, 6) is 0.539. The number of hydrogen-bond donors (Lipinski definition) is 0. The van der Waals surface area contributed by atoms with Crippen molar-refractivity contribution in [3.05, 3.63) is 71.8 Å². The molecular weight excluding hydrogens is 340 g/mol. The van der Waals surface area contributed by atoms with Crippen LogP contribution in [0.1, 0.15) is 25.0 Å². The Kier molecular flexibility index (Phi) is 5.94. The third-order valence-electron chi connectivity index (χ3n) is 4.38. The average molecular weight is 365 g/mol. The lowest BCUT2D eigenvalue weighted by Gasteiger charge is -2.27. The third kappa shape index (κ3) is 4.44. The van der Waals surface area contributed by atoms with Gasteiger partial charge in [-0.3, -0.25) is 4.79 Å². The molecule has 0 spiro atoms. The summed E-state index contributed by atoms with van der Waals surface area (Å²) in [4.78, 5) is 19.4. The summed E-state index contributed by atoms with van der Waals surface area (Å²) >= 11 is 1.51. The largest absolute Gasteiger partial charge is 0.335 e. The van der Waals surface area contributed by atoms with E-state index in [0.29, 0.717) is 12.3 Å². The van der Waals surface area contributed by atoms with E-state index in [0.717, 1.165) is 21.5 Å². The topological polar surface area (TPSA) is 33.2 Å². The molecule has 1 amide bonds. The molecule has 0 aliphatic carbocycles. The van der Waals surface area contributed by atoms with Crippen LogP contribution in [0.25, 0.3) is 10.9 Å². The van der Waals surface area contributed by atoms with E-state index in [4.69, 9.17) is 0 Å². The molecule has 0 unspecified atom stereocenters. The monoisotopic (exact) mass is 364 g/mol. The number of pyridine rings is 1. The highest BCUT2D eigenvalue weighted by Gasteiger charge is 2.18. The first-order valence-electron chi connectivity index (χ1n) is 8.87. The molecule has 3 rings (SSSR count). The smallest absolute Gasteiger partial charge is 0.233 e. The Morgan fingerprint density at radius 2 is 1.77 bits per heavy atom. The zero-order valence-corrected chi connectivity index (χ0v) is 16.3. The lowest BCUT2D eigenvalue weighted by molar-refractivity contribution is -0.130. The number of hydrogen-bond acceptors (Lipinski definition) is 3. The van der Waals surface area contributed by atoms with Crippen molar-refractivity contribution >= 4 is 28.6 Å². The van der Waals surface area contributed by atoms with Gasteiger partial charge in [-0.15, -0.1) is 0 Å². The molecule has 134 valence electrons. The summed E-state index contributed by atoms with van der Waals surface area (Å²) in [6, 6.07) is 20.5. The van der Waals surface area contributed by atoms with Gasteiger partial charge in [0.2, 0.25) is 5.91 Å². The number of para-hydroxylation sites is 1. The molecule has 2 aromatic carbocycles. The van der Waals surface area contributed by atoms with Gasteiger partial charge in [-0.25, -0.2) is 4.98 Å². The number of thioether (sulfide) groups is 1. The molecule has 1 heterocycles. The standard InChI is InChI=1S/C22H24N2OS/c1-16(2)24(14-18-9-5-4-6-10-18)22(25)15-26-21-13-17(3)19-11-7-8-12-20(19)23-21/h4-13,16H,14-15H2,1-3H3. The Labute approximate surface area is 159 Å². The van der Waals surface area contributed by atoms with Crippen molar-refractivity contribution < 1.29 is 4.79 Å². The van der Waals surface area contributed by atoms with Gasteiger partial charge in [0, 0.05) is 18.0 Å². The summed E-state index contributed by atoms with van der Waals surface area (Å²) in [5, 5.41) is 2.06. The van der Waals surface area contributed by atoms with Crippen molar-refractivity contribution in [3.63, 3.8) is 0 Å². The van der Waals surface area contributed by atoms with E-state index in [1.165, 1.54) is 17.3 Å². The second-order valence-electron chi connectivity index (χ2n) is 6.68. The van der Waals surface area contributed by atoms with Gasteiger partial charge < -0.3 is 4.90 Å². The van der Waals surface area contributed by atoms with Gasteiger partial charge in [-0.05, 0) is 44.0 Å². The van der Waals surface area contributed by atoms with Crippen molar-refractivity contribution in [2.24, 2.45) is 0 Å². The molecule has 0 saturated heterocycles. The molecule has 0 aliphatic rings. The fraction of sp³-hybridized carbons (Fsp3) is 0.273. The van der Waals surface area contributed by atoms with Gasteiger partial charge in [0.25, 0.3) is 0 Å². The third-order valence-corrected chi connectivity index (χ3v) is 5.28. The molecule has 0 radical (unpaired) electrons. The lowest BCUT2D eigenvalue weighted by Crippen LogP contribution is -2.37. The van der Waals surface area contributed by atoms with Gasteiger partial charge in [0.15, 0.2) is 0 Å². The second kappa shape index (κ2) is 8.37. The van der Waals surface area contributed by atoms with Crippen LogP contribution in [0, 0.1) is 6.92 Å². The number of carbonyl (C=O) groups is 1. The number of amides is 1. The van der Waals surface area contributed by atoms with Crippen molar-refractivity contribution in [2.75, 3.05) is 5.75 Å². The van der Waals surface area contributed by atoms with Crippen molar-refractivity contribution in [1.29, 1.82) is 0 Å². The summed E-state index contributed by atoms with van der Waals surface area (Å²) in [6.07, 6.45) is 0. The molecule has 0 N–H and O–H groups in total. The number of rotatable bonds is 6. The zero-order chi connectivity index (χ0) is 18.5. The Balaban J connectivity index is 1.70. The van der Waals surface area contributed by atoms with E-state index >= 15 is 0 Å². The number of aromatic nitrogens is 1. The normalized spacial score (nSPS) is 11.1. The Morgan fingerprint density at radius 3 is 2.50 bits per heavy atom. The SMILES string of the molecule is Cc1cc(SCC(=O)N(Cc2ccccc2)C(C)C)nc2ccccc12. The minimum atomic E-state index is 0.140. The average Bonchev–Trinajstić information content (AvgIpc) is 2.65. The first kappa shape index (κ1) is 18.5. The highest BCUT2D eigenvalue weighted by Crippen LogP contribution is 2.24. The maximum Gasteiger partial charge on any atom is 0.233 e. The maximum atomic E-state index is 12.8. The first-order chi connectivity index (χ1) is 12.5. The van der Waals surface area contributed by atoms with Crippen molar-refractivity contribution in [2.45, 2.75) is 38.4 Å². The predicted octanol–water partition coefficient (Wildman–Crippen LogP) is 5.07. The maximum absolute atomic E-state index is 12.8. The van der Waals surface area contributed by atoms with Gasteiger partial charge in [-0.1, -0.05) is 60.3 Å². The van der Waals surface area contributed by atoms with Crippen molar-refractivity contribution in [1.82, 2.24) is 9.88 Å². The van der Waals surface area contributed by atoms with E-state index in [1.807, 2.05) is 41.3 Å². The summed E-state index contributed by atoms with van der Waals surface area (Å²) in [7, 11) is 0.